The maximum Gasteiger partial charge on any atom is 0.232 e. The van der Waals surface area contributed by atoms with Crippen LogP contribution in [0.4, 0.5) is 5.82 Å². The smallest absolute Gasteiger partial charge is 0.232 e. The van der Waals surface area contributed by atoms with E-state index in [1.807, 2.05) is 6.92 Å². The summed E-state index contributed by atoms with van der Waals surface area (Å²) in [5.74, 6) is 1.79. The maximum atomic E-state index is 11.8. The molecule has 1 N–H and O–H groups in total. The number of aromatic nitrogens is 2. The lowest BCUT2D eigenvalue weighted by Crippen LogP contribution is -2.42. The molecule has 2 aliphatic rings. The summed E-state index contributed by atoms with van der Waals surface area (Å²) in [5, 5.41) is 3.42. The number of rotatable bonds is 1. The molecule has 3 rings (SSSR count). The van der Waals surface area contributed by atoms with Crippen LogP contribution in [0, 0.1) is 6.92 Å². The van der Waals surface area contributed by atoms with E-state index in [0.717, 1.165) is 48.8 Å². The lowest BCUT2D eigenvalue weighted by atomic mass is 9.82. The van der Waals surface area contributed by atoms with Crippen LogP contribution in [0.2, 0.25) is 0 Å². The van der Waals surface area contributed by atoms with Gasteiger partial charge in [0.2, 0.25) is 5.91 Å². The van der Waals surface area contributed by atoms with E-state index in [1.165, 1.54) is 0 Å². The second-order valence-corrected chi connectivity index (χ2v) is 5.91. The Morgan fingerprint density at radius 3 is 2.84 bits per heavy atom. The topological polar surface area (TPSA) is 58.1 Å². The van der Waals surface area contributed by atoms with Crippen LogP contribution in [-0.2, 0) is 16.6 Å². The molecule has 1 aromatic heterocycles. The van der Waals surface area contributed by atoms with E-state index in [2.05, 4.69) is 17.2 Å². The minimum atomic E-state index is -0.0233. The molecular formula is C14H20N4O. The molecule has 102 valence electrons. The first-order valence-electron chi connectivity index (χ1n) is 6.86. The molecule has 1 atom stereocenters. The number of carbonyl (C=O) groups is 1. The molecular weight excluding hydrogens is 240 g/mol. The van der Waals surface area contributed by atoms with Gasteiger partial charge in [0.05, 0.1) is 6.42 Å². The normalized spacial score (nSPS) is 26.7. The average molecular weight is 260 g/mol. The van der Waals surface area contributed by atoms with E-state index in [0.29, 0.717) is 6.42 Å². The van der Waals surface area contributed by atoms with Gasteiger partial charge >= 0.3 is 0 Å². The third-order valence-electron chi connectivity index (χ3n) is 4.35. The van der Waals surface area contributed by atoms with Crippen molar-refractivity contribution in [3.8, 4) is 0 Å². The monoisotopic (exact) mass is 260 g/mol. The van der Waals surface area contributed by atoms with Gasteiger partial charge in [-0.05, 0) is 26.3 Å². The molecule has 3 heterocycles. The van der Waals surface area contributed by atoms with Crippen molar-refractivity contribution in [1.29, 1.82) is 0 Å². The predicted octanol–water partition coefficient (Wildman–Crippen LogP) is 0.945. The molecule has 0 saturated carbocycles. The fourth-order valence-electron chi connectivity index (χ4n) is 2.97. The van der Waals surface area contributed by atoms with Crippen LogP contribution >= 0.6 is 0 Å². The van der Waals surface area contributed by atoms with Gasteiger partial charge in [0.1, 0.15) is 11.6 Å². The van der Waals surface area contributed by atoms with Crippen molar-refractivity contribution >= 4 is 11.7 Å². The first kappa shape index (κ1) is 12.5. The van der Waals surface area contributed by atoms with Crippen molar-refractivity contribution < 1.29 is 4.79 Å². The zero-order chi connectivity index (χ0) is 13.6. The Labute approximate surface area is 113 Å². The Morgan fingerprint density at radius 2 is 2.16 bits per heavy atom. The number of amides is 1. The van der Waals surface area contributed by atoms with E-state index in [9.17, 15) is 4.79 Å². The molecule has 0 unspecified atom stereocenters. The number of anilines is 1. The van der Waals surface area contributed by atoms with Gasteiger partial charge in [-0.25, -0.2) is 9.97 Å². The Hall–Kier alpha value is -1.49. The van der Waals surface area contributed by atoms with E-state index in [1.54, 1.807) is 11.9 Å². The van der Waals surface area contributed by atoms with Gasteiger partial charge in [-0.1, -0.05) is 6.92 Å². The number of aryl methyl sites for hydroxylation is 1. The number of hydrogen-bond donors (Lipinski definition) is 1. The van der Waals surface area contributed by atoms with E-state index in [4.69, 9.17) is 4.98 Å². The summed E-state index contributed by atoms with van der Waals surface area (Å²) in [5.41, 5.74) is 1.91. The summed E-state index contributed by atoms with van der Waals surface area (Å²) in [6, 6.07) is 0. The van der Waals surface area contributed by atoms with Gasteiger partial charge in [-0.15, -0.1) is 0 Å². The van der Waals surface area contributed by atoms with E-state index < -0.39 is 0 Å². The molecule has 1 aromatic rings. The average Bonchev–Trinajstić information content (AvgIpc) is 2.68. The van der Waals surface area contributed by atoms with Crippen molar-refractivity contribution in [3.63, 3.8) is 0 Å². The first-order chi connectivity index (χ1) is 9.01. The molecule has 5 nitrogen and oxygen atoms in total. The van der Waals surface area contributed by atoms with Gasteiger partial charge in [0, 0.05) is 30.3 Å². The largest absolute Gasteiger partial charge is 0.316 e. The number of carbonyl (C=O) groups excluding carboxylic acids is 1. The maximum absolute atomic E-state index is 11.8. The second-order valence-electron chi connectivity index (χ2n) is 5.91. The van der Waals surface area contributed by atoms with Crippen LogP contribution in [0.3, 0.4) is 0 Å². The molecule has 0 spiro atoms. The fraction of sp³-hybridized carbons (Fsp3) is 0.643. The Balaban J connectivity index is 2.05. The van der Waals surface area contributed by atoms with Crippen molar-refractivity contribution in [2.75, 3.05) is 25.0 Å². The molecule has 2 aliphatic heterocycles. The highest BCUT2D eigenvalue weighted by molar-refractivity contribution is 5.99. The summed E-state index contributed by atoms with van der Waals surface area (Å²) in [4.78, 5) is 22.8. The van der Waals surface area contributed by atoms with Crippen molar-refractivity contribution in [2.24, 2.45) is 0 Å². The van der Waals surface area contributed by atoms with Crippen LogP contribution in [-0.4, -0.2) is 36.0 Å². The fourth-order valence-corrected chi connectivity index (χ4v) is 2.97. The number of nitrogens with one attached hydrogen (secondary N) is 1. The molecule has 0 bridgehead atoms. The van der Waals surface area contributed by atoms with Crippen molar-refractivity contribution in [1.82, 2.24) is 15.3 Å². The Kier molecular flexibility index (Phi) is 2.82. The number of nitrogens with zero attached hydrogens (tertiary/aromatic N) is 3. The third-order valence-corrected chi connectivity index (χ3v) is 4.35. The number of piperidine rings is 1. The standard InChI is InChI=1S/C14H20N4O/c1-9-10-7-11(19)18(3)12(10)17-13(16-9)14(2)5-4-6-15-8-14/h15H,4-8H2,1-3H3/t14-/m1/s1. The van der Waals surface area contributed by atoms with Gasteiger partial charge in [0.15, 0.2) is 0 Å². The summed E-state index contributed by atoms with van der Waals surface area (Å²) < 4.78 is 0. The molecule has 1 saturated heterocycles. The quantitative estimate of drug-likeness (QED) is 0.816. The molecule has 5 heteroatoms. The Morgan fingerprint density at radius 1 is 1.37 bits per heavy atom. The van der Waals surface area contributed by atoms with E-state index >= 15 is 0 Å². The first-order valence-corrected chi connectivity index (χ1v) is 6.86. The number of fused-ring (bicyclic) bond motifs is 1. The number of hydrogen-bond acceptors (Lipinski definition) is 4. The van der Waals surface area contributed by atoms with Crippen LogP contribution < -0.4 is 10.2 Å². The second kappa shape index (κ2) is 4.27. The van der Waals surface area contributed by atoms with Gasteiger partial charge in [-0.3, -0.25) is 9.69 Å². The lowest BCUT2D eigenvalue weighted by Gasteiger charge is -2.33. The summed E-state index contributed by atoms with van der Waals surface area (Å²) in [6.07, 6.45) is 2.67. The molecule has 1 amide bonds. The van der Waals surface area contributed by atoms with Crippen molar-refractivity contribution in [2.45, 2.75) is 38.5 Å². The van der Waals surface area contributed by atoms with Crippen LogP contribution in [0.25, 0.3) is 0 Å². The molecule has 19 heavy (non-hydrogen) atoms. The minimum absolute atomic E-state index is 0.0233. The van der Waals surface area contributed by atoms with Crippen molar-refractivity contribution in [3.05, 3.63) is 17.1 Å². The minimum Gasteiger partial charge on any atom is -0.316 e. The zero-order valence-corrected chi connectivity index (χ0v) is 11.8. The molecule has 0 aliphatic carbocycles. The zero-order valence-electron chi connectivity index (χ0n) is 11.8. The Bertz CT molecular complexity index is 534. The highest BCUT2D eigenvalue weighted by Gasteiger charge is 2.35. The SMILES string of the molecule is Cc1nc([C@]2(C)CCCNC2)nc2c1CC(=O)N2C. The highest BCUT2D eigenvalue weighted by Crippen LogP contribution is 2.33. The predicted molar refractivity (Wildman–Crippen MR) is 73.3 cm³/mol. The van der Waals surface area contributed by atoms with Crippen LogP contribution in [0.5, 0.6) is 0 Å². The number of likely N-dealkylation sites (N-methyl/N-ethyl adjacent to an activating group) is 1. The van der Waals surface area contributed by atoms with E-state index in [-0.39, 0.29) is 11.3 Å². The van der Waals surface area contributed by atoms with Crippen LogP contribution in [0.1, 0.15) is 36.8 Å². The van der Waals surface area contributed by atoms with Gasteiger partial charge in [0.25, 0.3) is 0 Å². The summed E-state index contributed by atoms with van der Waals surface area (Å²) in [6.45, 7) is 6.16. The van der Waals surface area contributed by atoms with Crippen LogP contribution in [0.15, 0.2) is 0 Å². The summed E-state index contributed by atoms with van der Waals surface area (Å²) in [7, 11) is 1.80. The third kappa shape index (κ3) is 1.92. The highest BCUT2D eigenvalue weighted by atomic mass is 16.2. The molecule has 0 aromatic carbocycles. The van der Waals surface area contributed by atoms with Gasteiger partial charge < -0.3 is 5.32 Å². The molecule has 1 fully saturated rings. The lowest BCUT2D eigenvalue weighted by molar-refractivity contribution is -0.117. The van der Waals surface area contributed by atoms with Gasteiger partial charge in [-0.2, -0.15) is 0 Å². The summed E-state index contributed by atoms with van der Waals surface area (Å²) >= 11 is 0. The molecule has 0 radical (unpaired) electrons.